The Morgan fingerprint density at radius 2 is 2.07 bits per heavy atom. The normalized spacial score (nSPS) is 26.6. The second-order valence-corrected chi connectivity index (χ2v) is 5.86. The fourth-order valence-corrected chi connectivity index (χ4v) is 2.63. The van der Waals surface area contributed by atoms with Gasteiger partial charge in [0.1, 0.15) is 0 Å². The van der Waals surface area contributed by atoms with Gasteiger partial charge in [0, 0.05) is 19.1 Å². The van der Waals surface area contributed by atoms with Crippen LogP contribution in [0.1, 0.15) is 19.8 Å². The van der Waals surface area contributed by atoms with E-state index in [9.17, 15) is 8.42 Å². The summed E-state index contributed by atoms with van der Waals surface area (Å²) in [5.74, 6) is 0.323. The van der Waals surface area contributed by atoms with E-state index in [0.29, 0.717) is 19.0 Å². The number of sulfonamides is 1. The molecule has 0 aromatic carbocycles. The van der Waals surface area contributed by atoms with E-state index < -0.39 is 10.0 Å². The molecule has 0 aromatic heterocycles. The zero-order valence-corrected chi connectivity index (χ0v) is 10.3. The molecule has 2 unspecified atom stereocenters. The Labute approximate surface area is 92.3 Å². The standard InChI is InChI=1S/C8H18N2O2S.ClH/c1-7(9)8-4-3-5-10(6-8)13(2,11)12;/h7-8H,3-6,9H2,1-2H3;1H. The highest BCUT2D eigenvalue weighted by Gasteiger charge is 2.27. The minimum absolute atomic E-state index is 0. The van der Waals surface area contributed by atoms with Crippen molar-refractivity contribution in [2.45, 2.75) is 25.8 Å². The quantitative estimate of drug-likeness (QED) is 0.764. The molecular weight excluding hydrogens is 224 g/mol. The zero-order chi connectivity index (χ0) is 10.1. The van der Waals surface area contributed by atoms with Crippen molar-refractivity contribution < 1.29 is 8.42 Å². The van der Waals surface area contributed by atoms with Gasteiger partial charge in [-0.3, -0.25) is 0 Å². The molecule has 0 spiro atoms. The van der Waals surface area contributed by atoms with Crippen LogP contribution in [0.3, 0.4) is 0 Å². The SMILES string of the molecule is CC(N)C1CCCN(S(C)(=O)=O)C1.Cl. The van der Waals surface area contributed by atoms with E-state index in [1.807, 2.05) is 6.92 Å². The van der Waals surface area contributed by atoms with Gasteiger partial charge in [0.05, 0.1) is 6.26 Å². The van der Waals surface area contributed by atoms with E-state index in [-0.39, 0.29) is 18.4 Å². The van der Waals surface area contributed by atoms with Crippen LogP contribution in [0.25, 0.3) is 0 Å². The lowest BCUT2D eigenvalue weighted by Gasteiger charge is -2.32. The first-order valence-electron chi connectivity index (χ1n) is 4.62. The van der Waals surface area contributed by atoms with Crippen molar-refractivity contribution in [3.8, 4) is 0 Å². The third-order valence-electron chi connectivity index (χ3n) is 2.63. The lowest BCUT2D eigenvalue weighted by Crippen LogP contribution is -2.44. The second kappa shape index (κ2) is 5.30. The Morgan fingerprint density at radius 1 is 1.50 bits per heavy atom. The van der Waals surface area contributed by atoms with Crippen molar-refractivity contribution in [3.05, 3.63) is 0 Å². The fourth-order valence-electron chi connectivity index (χ4n) is 1.70. The highest BCUT2D eigenvalue weighted by molar-refractivity contribution is 7.88. The van der Waals surface area contributed by atoms with Crippen LogP contribution in [0.15, 0.2) is 0 Å². The largest absolute Gasteiger partial charge is 0.328 e. The molecule has 6 heteroatoms. The van der Waals surface area contributed by atoms with Crippen molar-refractivity contribution in [2.75, 3.05) is 19.3 Å². The van der Waals surface area contributed by atoms with E-state index in [1.54, 1.807) is 0 Å². The summed E-state index contributed by atoms with van der Waals surface area (Å²) in [6, 6.07) is 0.0875. The summed E-state index contributed by atoms with van der Waals surface area (Å²) < 4.78 is 24.0. The first-order chi connectivity index (χ1) is 5.91. The van der Waals surface area contributed by atoms with Crippen LogP contribution >= 0.6 is 12.4 Å². The predicted molar refractivity (Wildman–Crippen MR) is 60.0 cm³/mol. The Bertz CT molecular complexity index is 267. The van der Waals surface area contributed by atoms with Gasteiger partial charge in [-0.15, -0.1) is 12.4 Å². The molecule has 2 N–H and O–H groups in total. The third-order valence-corrected chi connectivity index (χ3v) is 3.90. The van der Waals surface area contributed by atoms with Gasteiger partial charge in [-0.25, -0.2) is 12.7 Å². The van der Waals surface area contributed by atoms with Crippen LogP contribution < -0.4 is 5.73 Å². The van der Waals surface area contributed by atoms with Crippen molar-refractivity contribution >= 4 is 22.4 Å². The van der Waals surface area contributed by atoms with Gasteiger partial charge >= 0.3 is 0 Å². The summed E-state index contributed by atoms with van der Waals surface area (Å²) >= 11 is 0. The lowest BCUT2D eigenvalue weighted by molar-refractivity contribution is 0.244. The van der Waals surface area contributed by atoms with Crippen LogP contribution in [0, 0.1) is 5.92 Å². The lowest BCUT2D eigenvalue weighted by atomic mass is 9.93. The van der Waals surface area contributed by atoms with Crippen LogP contribution in [-0.4, -0.2) is 38.1 Å². The molecule has 4 nitrogen and oxygen atoms in total. The maximum Gasteiger partial charge on any atom is 0.211 e. The highest BCUT2D eigenvalue weighted by atomic mass is 35.5. The molecule has 2 atom stereocenters. The summed E-state index contributed by atoms with van der Waals surface area (Å²) in [6.45, 7) is 3.19. The molecule has 86 valence electrons. The Morgan fingerprint density at radius 3 is 2.50 bits per heavy atom. The number of hydrogen-bond acceptors (Lipinski definition) is 3. The Balaban J connectivity index is 0.00000169. The Hall–Kier alpha value is 0.160. The maximum atomic E-state index is 11.2. The molecule has 1 fully saturated rings. The second-order valence-electron chi connectivity index (χ2n) is 3.88. The zero-order valence-electron chi connectivity index (χ0n) is 8.64. The fraction of sp³-hybridized carbons (Fsp3) is 1.00. The van der Waals surface area contributed by atoms with Gasteiger partial charge in [0.25, 0.3) is 0 Å². The van der Waals surface area contributed by atoms with Crippen LogP contribution in [0.2, 0.25) is 0 Å². The average molecular weight is 243 g/mol. The van der Waals surface area contributed by atoms with Crippen molar-refractivity contribution in [2.24, 2.45) is 11.7 Å². The maximum absolute atomic E-state index is 11.2. The van der Waals surface area contributed by atoms with Gasteiger partial charge in [-0.05, 0) is 25.7 Å². The van der Waals surface area contributed by atoms with Crippen LogP contribution in [0.5, 0.6) is 0 Å². The summed E-state index contributed by atoms with van der Waals surface area (Å²) in [7, 11) is -3.01. The molecule has 0 saturated carbocycles. The van der Waals surface area contributed by atoms with Gasteiger partial charge in [-0.1, -0.05) is 0 Å². The molecule has 14 heavy (non-hydrogen) atoms. The molecule has 1 saturated heterocycles. The van der Waals surface area contributed by atoms with Gasteiger partial charge in [0.2, 0.25) is 10.0 Å². The monoisotopic (exact) mass is 242 g/mol. The smallest absolute Gasteiger partial charge is 0.211 e. The minimum Gasteiger partial charge on any atom is -0.328 e. The van der Waals surface area contributed by atoms with Gasteiger partial charge in [-0.2, -0.15) is 0 Å². The minimum atomic E-state index is -3.01. The van der Waals surface area contributed by atoms with E-state index in [0.717, 1.165) is 12.8 Å². The van der Waals surface area contributed by atoms with Crippen molar-refractivity contribution in [1.29, 1.82) is 0 Å². The highest BCUT2D eigenvalue weighted by Crippen LogP contribution is 2.20. The van der Waals surface area contributed by atoms with Gasteiger partial charge in [0.15, 0.2) is 0 Å². The van der Waals surface area contributed by atoms with Crippen molar-refractivity contribution in [3.63, 3.8) is 0 Å². The van der Waals surface area contributed by atoms with E-state index >= 15 is 0 Å². The van der Waals surface area contributed by atoms with Crippen LogP contribution in [0.4, 0.5) is 0 Å². The number of nitrogens with two attached hydrogens (primary N) is 1. The topological polar surface area (TPSA) is 63.4 Å². The van der Waals surface area contributed by atoms with Gasteiger partial charge < -0.3 is 5.73 Å². The number of hydrogen-bond donors (Lipinski definition) is 1. The molecule has 0 aliphatic carbocycles. The summed E-state index contributed by atoms with van der Waals surface area (Å²) in [5, 5.41) is 0. The number of piperidine rings is 1. The molecule has 1 aliphatic rings. The van der Waals surface area contributed by atoms with E-state index in [1.165, 1.54) is 10.6 Å². The van der Waals surface area contributed by atoms with E-state index in [4.69, 9.17) is 5.73 Å². The van der Waals surface area contributed by atoms with E-state index in [2.05, 4.69) is 0 Å². The summed E-state index contributed by atoms with van der Waals surface area (Å²) in [6.07, 6.45) is 3.24. The molecule has 0 bridgehead atoms. The third kappa shape index (κ3) is 3.73. The average Bonchev–Trinajstić information content (AvgIpc) is 2.03. The first-order valence-corrected chi connectivity index (χ1v) is 6.47. The Kier molecular flexibility index (Phi) is 5.36. The summed E-state index contributed by atoms with van der Waals surface area (Å²) in [4.78, 5) is 0. The molecule has 1 heterocycles. The summed E-state index contributed by atoms with van der Waals surface area (Å²) in [5.41, 5.74) is 5.75. The predicted octanol–water partition coefficient (Wildman–Crippen LogP) is 0.427. The number of halogens is 1. The molecular formula is C8H19ClN2O2S. The van der Waals surface area contributed by atoms with Crippen molar-refractivity contribution in [1.82, 2.24) is 4.31 Å². The molecule has 1 aliphatic heterocycles. The molecule has 1 rings (SSSR count). The number of rotatable bonds is 2. The molecule has 0 amide bonds. The number of nitrogens with zero attached hydrogens (tertiary/aromatic N) is 1. The van der Waals surface area contributed by atoms with Crippen LogP contribution in [-0.2, 0) is 10.0 Å². The molecule has 0 radical (unpaired) electrons. The first kappa shape index (κ1) is 14.2. The molecule has 0 aromatic rings.